The van der Waals surface area contributed by atoms with E-state index in [4.69, 9.17) is 9.47 Å². The van der Waals surface area contributed by atoms with Crippen molar-refractivity contribution in [2.45, 2.75) is 326 Å². The van der Waals surface area contributed by atoms with Gasteiger partial charge in [-0.2, -0.15) is 0 Å². The van der Waals surface area contributed by atoms with Gasteiger partial charge in [0, 0.05) is 0 Å². The first-order valence-electron chi connectivity index (χ1n) is 28.5. The van der Waals surface area contributed by atoms with Crippen molar-refractivity contribution in [1.82, 2.24) is 5.32 Å². The SMILES string of the molecule is CCCCCCCCCCCC/C=C/C(O)C(COC1OC(CO)C(O)C(O)C1O)NC(=O)C(O)CCCCCCCCCCCCCCCCCCCCCCCCCCCCCCC. The fourth-order valence-corrected chi connectivity index (χ4v) is 9.34. The van der Waals surface area contributed by atoms with E-state index >= 15 is 0 Å². The highest BCUT2D eigenvalue weighted by molar-refractivity contribution is 5.80. The fraction of sp³-hybridized carbons (Fsp3) is 0.946. The van der Waals surface area contributed by atoms with E-state index in [1.165, 1.54) is 212 Å². The van der Waals surface area contributed by atoms with E-state index < -0.39 is 61.5 Å². The molecule has 1 aliphatic rings. The van der Waals surface area contributed by atoms with Crippen molar-refractivity contribution in [3.63, 3.8) is 0 Å². The van der Waals surface area contributed by atoms with Crippen LogP contribution in [0.3, 0.4) is 0 Å². The van der Waals surface area contributed by atoms with Crippen molar-refractivity contribution < 1.29 is 44.9 Å². The van der Waals surface area contributed by atoms with Crippen molar-refractivity contribution in [1.29, 1.82) is 0 Å². The maximum Gasteiger partial charge on any atom is 0.249 e. The summed E-state index contributed by atoms with van der Waals surface area (Å²) < 4.78 is 11.2. The molecule has 1 amide bonds. The van der Waals surface area contributed by atoms with Crippen LogP contribution in [0.1, 0.15) is 277 Å². The molecule has 10 heteroatoms. The molecule has 8 unspecified atom stereocenters. The predicted octanol–water partition coefficient (Wildman–Crippen LogP) is 12.6. The van der Waals surface area contributed by atoms with Crippen molar-refractivity contribution in [2.75, 3.05) is 13.2 Å². The summed E-state index contributed by atoms with van der Waals surface area (Å²) in [5.74, 6) is -0.611. The number of amides is 1. The van der Waals surface area contributed by atoms with E-state index in [1.807, 2.05) is 6.08 Å². The Kier molecular flexibility index (Phi) is 44.1. The zero-order valence-electron chi connectivity index (χ0n) is 43.1. The summed E-state index contributed by atoms with van der Waals surface area (Å²) in [4.78, 5) is 13.1. The minimum absolute atomic E-state index is 0.301. The zero-order chi connectivity index (χ0) is 48.1. The molecule has 1 aliphatic heterocycles. The topological polar surface area (TPSA) is 169 Å². The van der Waals surface area contributed by atoms with Crippen molar-refractivity contribution >= 4 is 5.91 Å². The highest BCUT2D eigenvalue weighted by Crippen LogP contribution is 2.23. The van der Waals surface area contributed by atoms with E-state index in [0.29, 0.717) is 6.42 Å². The molecule has 0 aromatic carbocycles. The third kappa shape index (κ3) is 35.1. The van der Waals surface area contributed by atoms with E-state index in [2.05, 4.69) is 19.2 Å². The molecule has 66 heavy (non-hydrogen) atoms. The summed E-state index contributed by atoms with van der Waals surface area (Å²) in [7, 11) is 0. The van der Waals surface area contributed by atoms with Gasteiger partial charge in [0.1, 0.15) is 30.5 Å². The third-order valence-electron chi connectivity index (χ3n) is 14.0. The van der Waals surface area contributed by atoms with Crippen LogP contribution in [0.4, 0.5) is 0 Å². The average molecular weight is 940 g/mol. The van der Waals surface area contributed by atoms with Crippen LogP contribution in [0.15, 0.2) is 12.2 Å². The number of allylic oxidation sites excluding steroid dienone is 1. The lowest BCUT2D eigenvalue weighted by molar-refractivity contribution is -0.302. The number of carbonyl (C=O) groups excluding carboxylic acids is 1. The van der Waals surface area contributed by atoms with Gasteiger partial charge in [-0.05, 0) is 19.3 Å². The molecular weight excluding hydrogens is 831 g/mol. The number of carbonyl (C=O) groups is 1. The van der Waals surface area contributed by atoms with Gasteiger partial charge >= 0.3 is 0 Å². The van der Waals surface area contributed by atoms with Crippen LogP contribution in [0.2, 0.25) is 0 Å². The van der Waals surface area contributed by atoms with E-state index in [1.54, 1.807) is 6.08 Å². The summed E-state index contributed by atoms with van der Waals surface area (Å²) in [6.45, 7) is 3.63. The van der Waals surface area contributed by atoms with E-state index in [0.717, 1.165) is 44.9 Å². The van der Waals surface area contributed by atoms with Crippen LogP contribution in [0.5, 0.6) is 0 Å². The van der Waals surface area contributed by atoms with Crippen LogP contribution in [0.25, 0.3) is 0 Å². The van der Waals surface area contributed by atoms with Gasteiger partial charge in [0.25, 0.3) is 0 Å². The molecule has 1 heterocycles. The first-order chi connectivity index (χ1) is 32.3. The molecule has 1 fully saturated rings. The van der Waals surface area contributed by atoms with Gasteiger partial charge in [-0.15, -0.1) is 0 Å². The van der Waals surface area contributed by atoms with Crippen molar-refractivity contribution in [2.24, 2.45) is 0 Å². The van der Waals surface area contributed by atoms with Crippen LogP contribution < -0.4 is 5.32 Å². The number of rotatable bonds is 49. The Balaban J connectivity index is 2.16. The Morgan fingerprint density at radius 1 is 0.515 bits per heavy atom. The van der Waals surface area contributed by atoms with Gasteiger partial charge < -0.3 is 45.4 Å². The van der Waals surface area contributed by atoms with Gasteiger partial charge in [-0.1, -0.05) is 270 Å². The molecule has 0 bridgehead atoms. The Labute approximate surface area is 406 Å². The summed E-state index contributed by atoms with van der Waals surface area (Å²) >= 11 is 0. The maximum atomic E-state index is 13.1. The first kappa shape index (κ1) is 62.9. The number of hydrogen-bond donors (Lipinski definition) is 7. The highest BCUT2D eigenvalue weighted by atomic mass is 16.7. The average Bonchev–Trinajstić information content (AvgIpc) is 3.32. The summed E-state index contributed by atoms with van der Waals surface area (Å²) in [5.41, 5.74) is 0. The predicted molar refractivity (Wildman–Crippen MR) is 273 cm³/mol. The van der Waals surface area contributed by atoms with Crippen LogP contribution in [0, 0.1) is 0 Å². The summed E-state index contributed by atoms with van der Waals surface area (Å²) in [5, 5.41) is 64.9. The van der Waals surface area contributed by atoms with Crippen LogP contribution in [-0.2, 0) is 14.3 Å². The van der Waals surface area contributed by atoms with Crippen LogP contribution in [-0.4, -0.2) is 98.7 Å². The third-order valence-corrected chi connectivity index (χ3v) is 14.0. The molecule has 0 aromatic rings. The second-order valence-corrected chi connectivity index (χ2v) is 20.2. The fourth-order valence-electron chi connectivity index (χ4n) is 9.34. The molecule has 7 N–H and O–H groups in total. The molecule has 0 aromatic heterocycles. The lowest BCUT2D eigenvalue weighted by Crippen LogP contribution is -2.60. The summed E-state index contributed by atoms with van der Waals surface area (Å²) in [6.07, 6.45) is 46.2. The number of hydrogen-bond acceptors (Lipinski definition) is 9. The number of aliphatic hydroxyl groups is 6. The molecule has 10 nitrogen and oxygen atoms in total. The maximum absolute atomic E-state index is 13.1. The monoisotopic (exact) mass is 940 g/mol. The molecule has 8 atom stereocenters. The van der Waals surface area contributed by atoms with E-state index in [9.17, 15) is 35.4 Å². The number of ether oxygens (including phenoxy) is 2. The standard InChI is InChI=1S/C56H109NO9/c1-3-5-7-9-11-13-15-17-18-19-20-21-22-23-24-25-26-27-28-29-30-31-32-33-35-37-39-41-43-45-50(60)55(64)57-48(47-65-56-54(63)53(62)52(61)51(46-58)66-56)49(59)44-42-40-38-36-34-16-14-12-10-8-6-4-2/h42,44,48-54,56,58-63H,3-41,43,45-47H2,1-2H3,(H,57,64)/b44-42+. The molecule has 1 rings (SSSR count). The normalized spacial score (nSPS) is 20.3. The lowest BCUT2D eigenvalue weighted by atomic mass is 9.99. The largest absolute Gasteiger partial charge is 0.394 e. The Bertz CT molecular complexity index is 1060. The van der Waals surface area contributed by atoms with Crippen LogP contribution >= 0.6 is 0 Å². The van der Waals surface area contributed by atoms with Crippen molar-refractivity contribution in [3.05, 3.63) is 12.2 Å². The minimum atomic E-state index is -1.61. The van der Waals surface area contributed by atoms with Gasteiger partial charge in [0.05, 0.1) is 25.4 Å². The molecule has 1 saturated heterocycles. The smallest absolute Gasteiger partial charge is 0.249 e. The van der Waals surface area contributed by atoms with Gasteiger partial charge in [0.2, 0.25) is 5.91 Å². The van der Waals surface area contributed by atoms with Gasteiger partial charge in [-0.3, -0.25) is 4.79 Å². The molecular formula is C56H109NO9. The van der Waals surface area contributed by atoms with Gasteiger partial charge in [-0.25, -0.2) is 0 Å². The zero-order valence-corrected chi connectivity index (χ0v) is 43.1. The molecule has 0 saturated carbocycles. The second kappa shape index (κ2) is 46.3. The number of unbranched alkanes of at least 4 members (excludes halogenated alkanes) is 38. The Hall–Kier alpha value is -1.11. The first-order valence-corrected chi connectivity index (χ1v) is 28.5. The highest BCUT2D eigenvalue weighted by Gasteiger charge is 2.44. The Morgan fingerprint density at radius 3 is 1.23 bits per heavy atom. The quantitative estimate of drug-likeness (QED) is 0.0232. The molecule has 0 spiro atoms. The molecule has 0 aliphatic carbocycles. The Morgan fingerprint density at radius 2 is 0.864 bits per heavy atom. The lowest BCUT2D eigenvalue weighted by Gasteiger charge is -2.40. The van der Waals surface area contributed by atoms with E-state index in [-0.39, 0.29) is 6.61 Å². The van der Waals surface area contributed by atoms with Crippen molar-refractivity contribution in [3.8, 4) is 0 Å². The number of nitrogens with one attached hydrogen (secondary N) is 1. The minimum Gasteiger partial charge on any atom is -0.394 e. The molecule has 0 radical (unpaired) electrons. The number of aliphatic hydroxyl groups excluding tert-OH is 6. The molecule has 392 valence electrons. The summed E-state index contributed by atoms with van der Waals surface area (Å²) in [6, 6.07) is -0.975. The second-order valence-electron chi connectivity index (χ2n) is 20.2. The van der Waals surface area contributed by atoms with Gasteiger partial charge in [0.15, 0.2) is 6.29 Å².